The summed E-state index contributed by atoms with van der Waals surface area (Å²) in [5.41, 5.74) is 1.09. The monoisotopic (exact) mass is 333 g/mol. The van der Waals surface area contributed by atoms with Gasteiger partial charge in [-0.3, -0.25) is 4.79 Å². The molecule has 0 radical (unpaired) electrons. The molecule has 0 aromatic heterocycles. The molecule has 0 aliphatic carbocycles. The van der Waals surface area contributed by atoms with E-state index in [1.807, 2.05) is 24.3 Å². The minimum atomic E-state index is -1.06. The van der Waals surface area contributed by atoms with Crippen molar-refractivity contribution < 1.29 is 19.7 Å². The summed E-state index contributed by atoms with van der Waals surface area (Å²) in [6.07, 6.45) is -1.40. The zero-order valence-corrected chi connectivity index (χ0v) is 13.2. The first-order chi connectivity index (χ1) is 12.1. The van der Waals surface area contributed by atoms with Crippen molar-refractivity contribution in [2.24, 2.45) is 0 Å². The molecule has 3 aromatic carbocycles. The molecule has 2 N–H and O–H groups in total. The molecule has 5 nitrogen and oxygen atoms in total. The first-order valence-electron chi connectivity index (χ1n) is 7.68. The number of benzene rings is 3. The van der Waals surface area contributed by atoms with Crippen LogP contribution < -0.4 is 4.74 Å². The number of nitriles is 1. The van der Waals surface area contributed by atoms with Crippen LogP contribution in [-0.2, 0) is 4.79 Å². The first-order valence-corrected chi connectivity index (χ1v) is 7.68. The lowest BCUT2D eigenvalue weighted by Gasteiger charge is -2.12. The summed E-state index contributed by atoms with van der Waals surface area (Å²) in [5, 5.41) is 29.4. The van der Waals surface area contributed by atoms with Crippen LogP contribution >= 0.6 is 0 Å². The minimum absolute atomic E-state index is 0.347. The summed E-state index contributed by atoms with van der Waals surface area (Å²) in [4.78, 5) is 10.7. The van der Waals surface area contributed by atoms with Gasteiger partial charge in [0.05, 0.1) is 24.2 Å². The van der Waals surface area contributed by atoms with Gasteiger partial charge >= 0.3 is 5.97 Å². The number of aliphatic hydroxyl groups excluding tert-OH is 1. The SMILES string of the molecule is N#Cc1ccc(Oc2ccc(C(O)CC(=O)O)cc2)c2ccccc12. The van der Waals surface area contributed by atoms with Crippen molar-refractivity contribution in [1.82, 2.24) is 0 Å². The third-order valence-electron chi connectivity index (χ3n) is 3.87. The maximum absolute atomic E-state index is 10.7. The molecular formula is C20H15NO4. The van der Waals surface area contributed by atoms with Gasteiger partial charge in [-0.25, -0.2) is 0 Å². The third-order valence-corrected chi connectivity index (χ3v) is 3.87. The molecule has 0 heterocycles. The van der Waals surface area contributed by atoms with E-state index in [9.17, 15) is 15.2 Å². The van der Waals surface area contributed by atoms with Gasteiger partial charge in [0.1, 0.15) is 11.5 Å². The molecule has 0 saturated carbocycles. The fraction of sp³-hybridized carbons (Fsp3) is 0.100. The molecule has 0 aliphatic heterocycles. The van der Waals surface area contributed by atoms with E-state index in [1.54, 1.807) is 36.4 Å². The van der Waals surface area contributed by atoms with Crippen LogP contribution in [0.4, 0.5) is 0 Å². The Bertz CT molecular complexity index is 958. The Hall–Kier alpha value is -3.36. The molecule has 1 unspecified atom stereocenters. The Kier molecular flexibility index (Phi) is 4.64. The maximum Gasteiger partial charge on any atom is 0.306 e. The summed E-state index contributed by atoms with van der Waals surface area (Å²) >= 11 is 0. The lowest BCUT2D eigenvalue weighted by molar-refractivity contribution is -0.139. The number of ether oxygens (including phenoxy) is 1. The van der Waals surface area contributed by atoms with E-state index in [0.29, 0.717) is 22.6 Å². The molecule has 0 spiro atoms. The summed E-state index contributed by atoms with van der Waals surface area (Å²) in [7, 11) is 0. The highest BCUT2D eigenvalue weighted by atomic mass is 16.5. The third kappa shape index (κ3) is 3.60. The predicted molar refractivity (Wildman–Crippen MR) is 92.4 cm³/mol. The Labute approximate surface area is 144 Å². The summed E-state index contributed by atoms with van der Waals surface area (Å²) in [5.74, 6) is 0.117. The summed E-state index contributed by atoms with van der Waals surface area (Å²) in [6.45, 7) is 0. The van der Waals surface area contributed by atoms with Crippen LogP contribution in [0.25, 0.3) is 10.8 Å². The van der Waals surface area contributed by atoms with Crippen LogP contribution in [0.1, 0.15) is 23.7 Å². The zero-order valence-electron chi connectivity index (χ0n) is 13.2. The lowest BCUT2D eigenvalue weighted by atomic mass is 10.0. The Morgan fingerprint density at radius 2 is 1.72 bits per heavy atom. The van der Waals surface area contributed by atoms with Gasteiger partial charge in [-0.2, -0.15) is 5.26 Å². The van der Waals surface area contributed by atoms with Crippen molar-refractivity contribution in [2.45, 2.75) is 12.5 Å². The maximum atomic E-state index is 10.7. The number of carboxylic acid groups (broad SMARTS) is 1. The van der Waals surface area contributed by atoms with Gasteiger partial charge in [0, 0.05) is 10.8 Å². The van der Waals surface area contributed by atoms with Crippen molar-refractivity contribution in [1.29, 1.82) is 5.26 Å². The van der Waals surface area contributed by atoms with Crippen LogP contribution in [0, 0.1) is 11.3 Å². The number of carbonyl (C=O) groups is 1. The Balaban J connectivity index is 1.87. The van der Waals surface area contributed by atoms with Crippen LogP contribution in [0.15, 0.2) is 60.7 Å². The highest BCUT2D eigenvalue weighted by Gasteiger charge is 2.12. The minimum Gasteiger partial charge on any atom is -0.481 e. The summed E-state index contributed by atoms with van der Waals surface area (Å²) < 4.78 is 5.90. The number of aliphatic carboxylic acids is 1. The number of nitrogens with zero attached hydrogens (tertiary/aromatic N) is 1. The highest BCUT2D eigenvalue weighted by Crippen LogP contribution is 2.32. The average Bonchev–Trinajstić information content (AvgIpc) is 2.62. The molecule has 5 heteroatoms. The fourth-order valence-corrected chi connectivity index (χ4v) is 2.63. The second-order valence-corrected chi connectivity index (χ2v) is 5.55. The predicted octanol–water partition coefficient (Wildman–Crippen LogP) is 4.01. The van der Waals surface area contributed by atoms with Gasteiger partial charge in [0.2, 0.25) is 0 Å². The molecule has 25 heavy (non-hydrogen) atoms. The molecule has 0 fully saturated rings. The van der Waals surface area contributed by atoms with Crippen LogP contribution in [-0.4, -0.2) is 16.2 Å². The highest BCUT2D eigenvalue weighted by molar-refractivity contribution is 5.92. The lowest BCUT2D eigenvalue weighted by Crippen LogP contribution is -2.05. The number of aliphatic hydroxyl groups is 1. The molecule has 0 bridgehead atoms. The Morgan fingerprint density at radius 1 is 1.04 bits per heavy atom. The largest absolute Gasteiger partial charge is 0.481 e. The Morgan fingerprint density at radius 3 is 2.36 bits per heavy atom. The molecule has 124 valence electrons. The van der Waals surface area contributed by atoms with E-state index in [2.05, 4.69) is 6.07 Å². The number of hydrogen-bond donors (Lipinski definition) is 2. The quantitative estimate of drug-likeness (QED) is 0.736. The standard InChI is InChI=1S/C20H15NO4/c21-12-14-7-10-19(17-4-2-1-3-16(14)17)25-15-8-5-13(6-9-15)18(22)11-20(23)24/h1-10,18,22H,11H2,(H,23,24). The second-order valence-electron chi connectivity index (χ2n) is 5.55. The van der Waals surface area contributed by atoms with Crippen molar-refractivity contribution in [3.05, 3.63) is 71.8 Å². The molecule has 0 aliphatic rings. The van der Waals surface area contributed by atoms with E-state index >= 15 is 0 Å². The first kappa shape index (κ1) is 16.5. The number of rotatable bonds is 5. The van der Waals surface area contributed by atoms with Gasteiger partial charge < -0.3 is 14.9 Å². The van der Waals surface area contributed by atoms with E-state index in [1.165, 1.54) is 0 Å². The van der Waals surface area contributed by atoms with Crippen molar-refractivity contribution >= 4 is 16.7 Å². The van der Waals surface area contributed by atoms with Gasteiger partial charge in [-0.1, -0.05) is 36.4 Å². The number of fused-ring (bicyclic) bond motifs is 1. The molecular weight excluding hydrogens is 318 g/mol. The second kappa shape index (κ2) is 7.04. The van der Waals surface area contributed by atoms with Crippen molar-refractivity contribution in [2.75, 3.05) is 0 Å². The van der Waals surface area contributed by atoms with E-state index < -0.39 is 12.1 Å². The molecule has 3 aromatic rings. The topological polar surface area (TPSA) is 90.5 Å². The van der Waals surface area contributed by atoms with E-state index in [4.69, 9.17) is 9.84 Å². The summed E-state index contributed by atoms with van der Waals surface area (Å²) in [6, 6.07) is 19.7. The van der Waals surface area contributed by atoms with Crippen LogP contribution in [0.2, 0.25) is 0 Å². The average molecular weight is 333 g/mol. The molecule has 0 saturated heterocycles. The van der Waals surface area contributed by atoms with Crippen LogP contribution in [0.5, 0.6) is 11.5 Å². The zero-order chi connectivity index (χ0) is 17.8. The normalized spacial score (nSPS) is 11.7. The number of carboxylic acids is 1. The van der Waals surface area contributed by atoms with Crippen LogP contribution in [0.3, 0.4) is 0 Å². The smallest absolute Gasteiger partial charge is 0.306 e. The number of hydrogen-bond acceptors (Lipinski definition) is 4. The van der Waals surface area contributed by atoms with Gasteiger partial charge in [0.25, 0.3) is 0 Å². The molecule has 1 atom stereocenters. The van der Waals surface area contributed by atoms with Gasteiger partial charge in [0.15, 0.2) is 0 Å². The van der Waals surface area contributed by atoms with E-state index in [-0.39, 0.29) is 6.42 Å². The van der Waals surface area contributed by atoms with Crippen molar-refractivity contribution in [3.63, 3.8) is 0 Å². The van der Waals surface area contributed by atoms with Gasteiger partial charge in [-0.15, -0.1) is 0 Å². The molecule has 3 rings (SSSR count). The molecule has 0 amide bonds. The van der Waals surface area contributed by atoms with Crippen molar-refractivity contribution in [3.8, 4) is 17.6 Å². The van der Waals surface area contributed by atoms with Gasteiger partial charge in [-0.05, 0) is 29.8 Å². The van der Waals surface area contributed by atoms with E-state index in [0.717, 1.165) is 10.8 Å². The fourth-order valence-electron chi connectivity index (χ4n) is 2.63.